The van der Waals surface area contributed by atoms with Crippen LogP contribution in [0.4, 0.5) is 0 Å². The van der Waals surface area contributed by atoms with Crippen molar-refractivity contribution in [1.82, 2.24) is 9.62 Å². The van der Waals surface area contributed by atoms with Gasteiger partial charge < -0.3 is 15.2 Å². The van der Waals surface area contributed by atoms with Gasteiger partial charge in [0.1, 0.15) is 16.2 Å². The summed E-state index contributed by atoms with van der Waals surface area (Å²) in [5, 5.41) is 11.7. The van der Waals surface area contributed by atoms with Crippen LogP contribution in [-0.4, -0.2) is 55.4 Å². The molecule has 1 aromatic rings. The summed E-state index contributed by atoms with van der Waals surface area (Å²) >= 11 is 0. The lowest BCUT2D eigenvalue weighted by Crippen LogP contribution is -2.43. The summed E-state index contributed by atoms with van der Waals surface area (Å²) in [5.74, 6) is -1.53. The number of rotatable bonds is 6. The SMILES string of the molecule is COc1ccc(C(=O)NC2(C(=O)O)CC2)cc1S(=O)(=O)N1CCCCCC1. The molecule has 0 unspecified atom stereocenters. The average Bonchev–Trinajstić information content (AvgIpc) is 3.45. The largest absolute Gasteiger partial charge is 0.495 e. The minimum absolute atomic E-state index is 0.0697. The summed E-state index contributed by atoms with van der Waals surface area (Å²) in [6.07, 6.45) is 4.30. The van der Waals surface area contributed by atoms with E-state index in [0.29, 0.717) is 25.9 Å². The van der Waals surface area contributed by atoms with Gasteiger partial charge in [0, 0.05) is 18.7 Å². The molecule has 3 rings (SSSR count). The Labute approximate surface area is 158 Å². The Hall–Kier alpha value is -2.13. The highest BCUT2D eigenvalue weighted by atomic mass is 32.2. The fraction of sp³-hybridized carbons (Fsp3) is 0.556. The summed E-state index contributed by atoms with van der Waals surface area (Å²) in [5.41, 5.74) is -1.14. The number of ether oxygens (including phenoxy) is 1. The number of nitrogens with one attached hydrogen (secondary N) is 1. The number of carboxylic acid groups (broad SMARTS) is 1. The van der Waals surface area contributed by atoms with Crippen molar-refractivity contribution in [2.45, 2.75) is 49.0 Å². The van der Waals surface area contributed by atoms with Crippen LogP contribution in [0.3, 0.4) is 0 Å². The number of benzene rings is 1. The molecule has 1 amide bonds. The van der Waals surface area contributed by atoms with Gasteiger partial charge in [-0.15, -0.1) is 0 Å². The summed E-state index contributed by atoms with van der Waals surface area (Å²) in [7, 11) is -2.44. The molecule has 1 aromatic carbocycles. The summed E-state index contributed by atoms with van der Waals surface area (Å²) in [6.45, 7) is 0.869. The minimum Gasteiger partial charge on any atom is -0.495 e. The number of carboxylic acids is 1. The fourth-order valence-corrected chi connectivity index (χ4v) is 4.95. The van der Waals surface area contributed by atoms with Gasteiger partial charge in [0.05, 0.1) is 7.11 Å². The molecule has 148 valence electrons. The van der Waals surface area contributed by atoms with Gasteiger partial charge in [0.2, 0.25) is 10.0 Å². The molecule has 1 aliphatic carbocycles. The molecule has 0 bridgehead atoms. The third-order valence-corrected chi connectivity index (χ3v) is 7.04. The van der Waals surface area contributed by atoms with Crippen molar-refractivity contribution in [2.75, 3.05) is 20.2 Å². The van der Waals surface area contributed by atoms with Crippen molar-refractivity contribution >= 4 is 21.9 Å². The van der Waals surface area contributed by atoms with Crippen LogP contribution in [0.15, 0.2) is 23.1 Å². The molecule has 0 radical (unpaired) electrons. The van der Waals surface area contributed by atoms with E-state index in [-0.39, 0.29) is 16.2 Å². The fourth-order valence-electron chi connectivity index (χ4n) is 3.25. The first kappa shape index (κ1) is 19.6. The molecule has 27 heavy (non-hydrogen) atoms. The standard InChI is InChI=1S/C18H24N2O6S/c1-26-14-7-6-13(16(21)19-18(8-9-18)17(22)23)12-15(14)27(24,25)20-10-4-2-3-5-11-20/h6-7,12H,2-5,8-11H2,1H3,(H,19,21)(H,22,23). The van der Waals surface area contributed by atoms with Crippen molar-refractivity contribution in [3.05, 3.63) is 23.8 Å². The first-order chi connectivity index (χ1) is 12.8. The van der Waals surface area contributed by atoms with E-state index >= 15 is 0 Å². The van der Waals surface area contributed by atoms with Gasteiger partial charge in [-0.05, 0) is 43.9 Å². The predicted molar refractivity (Wildman–Crippen MR) is 97.3 cm³/mol. The van der Waals surface area contributed by atoms with Gasteiger partial charge in [0.15, 0.2) is 0 Å². The summed E-state index contributed by atoms with van der Waals surface area (Å²) in [4.78, 5) is 23.7. The van der Waals surface area contributed by atoms with E-state index in [2.05, 4.69) is 5.32 Å². The van der Waals surface area contributed by atoms with Crippen LogP contribution >= 0.6 is 0 Å². The van der Waals surface area contributed by atoms with E-state index in [9.17, 15) is 23.1 Å². The van der Waals surface area contributed by atoms with Crippen molar-refractivity contribution in [2.24, 2.45) is 0 Å². The number of carbonyl (C=O) groups excluding carboxylic acids is 1. The number of nitrogens with zero attached hydrogens (tertiary/aromatic N) is 1. The Kier molecular flexibility index (Phi) is 5.43. The molecule has 9 heteroatoms. The van der Waals surface area contributed by atoms with Crippen molar-refractivity contribution in [3.8, 4) is 5.75 Å². The monoisotopic (exact) mass is 396 g/mol. The van der Waals surface area contributed by atoms with Crippen molar-refractivity contribution in [3.63, 3.8) is 0 Å². The Balaban J connectivity index is 1.91. The second-order valence-electron chi connectivity index (χ2n) is 7.03. The van der Waals surface area contributed by atoms with E-state index in [1.807, 2.05) is 0 Å². The normalized spacial score (nSPS) is 19.7. The van der Waals surface area contributed by atoms with Gasteiger partial charge >= 0.3 is 5.97 Å². The number of hydrogen-bond donors (Lipinski definition) is 2. The molecule has 2 N–H and O–H groups in total. The smallest absolute Gasteiger partial charge is 0.329 e. The molecule has 8 nitrogen and oxygen atoms in total. The van der Waals surface area contributed by atoms with E-state index in [1.165, 1.54) is 29.6 Å². The number of amides is 1. The topological polar surface area (TPSA) is 113 Å². The minimum atomic E-state index is -3.82. The molecule has 2 fully saturated rings. The lowest BCUT2D eigenvalue weighted by molar-refractivity contribution is -0.140. The van der Waals surface area contributed by atoms with Gasteiger partial charge in [0.25, 0.3) is 5.91 Å². The second kappa shape index (κ2) is 7.47. The molecule has 0 aromatic heterocycles. The van der Waals surface area contributed by atoms with Gasteiger partial charge in [-0.3, -0.25) is 4.79 Å². The van der Waals surface area contributed by atoms with Gasteiger partial charge in [-0.2, -0.15) is 4.31 Å². The Morgan fingerprint density at radius 3 is 2.30 bits per heavy atom. The lowest BCUT2D eigenvalue weighted by atomic mass is 10.1. The van der Waals surface area contributed by atoms with Crippen LogP contribution in [0.1, 0.15) is 48.9 Å². The molecule has 1 saturated heterocycles. The van der Waals surface area contributed by atoms with Crippen LogP contribution in [0.25, 0.3) is 0 Å². The molecule has 1 saturated carbocycles. The van der Waals surface area contributed by atoms with E-state index in [4.69, 9.17) is 4.74 Å². The number of carbonyl (C=O) groups is 2. The quantitative estimate of drug-likeness (QED) is 0.755. The third-order valence-electron chi connectivity index (χ3n) is 5.12. The highest BCUT2D eigenvalue weighted by Gasteiger charge is 2.51. The molecule has 1 heterocycles. The molecule has 2 aliphatic rings. The Morgan fingerprint density at radius 1 is 1.15 bits per heavy atom. The Morgan fingerprint density at radius 2 is 1.78 bits per heavy atom. The first-order valence-corrected chi connectivity index (χ1v) is 10.5. The Bertz CT molecular complexity index is 839. The molecular formula is C18H24N2O6S. The lowest BCUT2D eigenvalue weighted by Gasteiger charge is -2.22. The molecular weight excluding hydrogens is 372 g/mol. The zero-order valence-electron chi connectivity index (χ0n) is 15.2. The maximum absolute atomic E-state index is 13.1. The van der Waals surface area contributed by atoms with Crippen molar-refractivity contribution < 1.29 is 27.9 Å². The maximum atomic E-state index is 13.1. The molecule has 0 spiro atoms. The molecule has 0 atom stereocenters. The highest BCUT2D eigenvalue weighted by Crippen LogP contribution is 2.36. The first-order valence-electron chi connectivity index (χ1n) is 9.04. The average molecular weight is 396 g/mol. The van der Waals surface area contributed by atoms with Crippen molar-refractivity contribution in [1.29, 1.82) is 0 Å². The van der Waals surface area contributed by atoms with Crippen LogP contribution in [0.5, 0.6) is 5.75 Å². The zero-order valence-corrected chi connectivity index (χ0v) is 16.0. The highest BCUT2D eigenvalue weighted by molar-refractivity contribution is 7.89. The maximum Gasteiger partial charge on any atom is 0.329 e. The van der Waals surface area contributed by atoms with Crippen LogP contribution in [-0.2, 0) is 14.8 Å². The van der Waals surface area contributed by atoms with Crippen LogP contribution in [0.2, 0.25) is 0 Å². The van der Waals surface area contributed by atoms with E-state index in [0.717, 1.165) is 25.7 Å². The molecule has 1 aliphatic heterocycles. The predicted octanol–water partition coefficient (Wildman–Crippen LogP) is 1.61. The van der Waals surface area contributed by atoms with Gasteiger partial charge in [-0.25, -0.2) is 13.2 Å². The van der Waals surface area contributed by atoms with E-state index < -0.39 is 27.4 Å². The number of aliphatic carboxylic acids is 1. The van der Waals surface area contributed by atoms with Gasteiger partial charge in [-0.1, -0.05) is 12.8 Å². The number of methoxy groups -OCH3 is 1. The van der Waals surface area contributed by atoms with E-state index in [1.54, 1.807) is 0 Å². The summed E-state index contributed by atoms with van der Waals surface area (Å²) < 4.78 is 32.9. The third kappa shape index (κ3) is 3.93. The number of sulfonamides is 1. The zero-order chi connectivity index (χ0) is 19.7. The summed E-state index contributed by atoms with van der Waals surface area (Å²) in [6, 6.07) is 4.14. The number of hydrogen-bond acceptors (Lipinski definition) is 5. The second-order valence-corrected chi connectivity index (χ2v) is 8.93. The van der Waals surface area contributed by atoms with Crippen LogP contribution in [0, 0.1) is 0 Å². The van der Waals surface area contributed by atoms with Crippen LogP contribution < -0.4 is 10.1 Å².